The van der Waals surface area contributed by atoms with E-state index in [1.54, 1.807) is 0 Å². The number of phosphoric acid groups is 2. The van der Waals surface area contributed by atoms with Crippen molar-refractivity contribution in [3.8, 4) is 0 Å². The first-order chi connectivity index (χ1) is 42.6. The van der Waals surface area contributed by atoms with E-state index in [1.807, 2.05) is 0 Å². The van der Waals surface area contributed by atoms with Crippen LogP contribution < -0.4 is 0 Å². The van der Waals surface area contributed by atoms with Crippen LogP contribution in [0.1, 0.15) is 344 Å². The highest BCUT2D eigenvalue weighted by molar-refractivity contribution is 7.47. The Kier molecular flexibility index (Phi) is 58.5. The summed E-state index contributed by atoms with van der Waals surface area (Å²) >= 11 is 0. The Bertz CT molecular complexity index is 1770. The first kappa shape index (κ1) is 87.1. The number of ether oxygens (including phenoxy) is 4. The van der Waals surface area contributed by atoms with Crippen LogP contribution in [0, 0.1) is 23.7 Å². The number of hydrogen-bond acceptors (Lipinski definition) is 15. The van der Waals surface area contributed by atoms with Gasteiger partial charge in [0.2, 0.25) is 0 Å². The number of aliphatic hydroxyl groups excluding tert-OH is 1. The molecular weight excluding hydrogens is 1170 g/mol. The van der Waals surface area contributed by atoms with E-state index >= 15 is 0 Å². The Morgan fingerprint density at radius 1 is 0.315 bits per heavy atom. The summed E-state index contributed by atoms with van der Waals surface area (Å²) in [5, 5.41) is 10.6. The number of aliphatic hydroxyl groups is 1. The van der Waals surface area contributed by atoms with Gasteiger partial charge in [0, 0.05) is 25.7 Å². The molecule has 0 radical (unpaired) electrons. The van der Waals surface area contributed by atoms with Gasteiger partial charge >= 0.3 is 39.5 Å². The quantitative estimate of drug-likeness (QED) is 0.0222. The summed E-state index contributed by atoms with van der Waals surface area (Å²) in [5.41, 5.74) is 0. The van der Waals surface area contributed by atoms with Crippen molar-refractivity contribution in [2.75, 3.05) is 39.6 Å². The van der Waals surface area contributed by atoms with Gasteiger partial charge in [-0.3, -0.25) is 37.3 Å². The molecule has 0 saturated carbocycles. The zero-order valence-corrected chi connectivity index (χ0v) is 59.8. The summed E-state index contributed by atoms with van der Waals surface area (Å²) < 4.78 is 68.3. The molecule has 6 atom stereocenters. The Morgan fingerprint density at radius 3 is 0.798 bits per heavy atom. The van der Waals surface area contributed by atoms with Crippen molar-refractivity contribution >= 4 is 39.5 Å². The number of hydrogen-bond donors (Lipinski definition) is 3. The highest BCUT2D eigenvalue weighted by Gasteiger charge is 2.30. The van der Waals surface area contributed by atoms with Gasteiger partial charge in [-0.1, -0.05) is 293 Å². The second-order valence-electron chi connectivity index (χ2n) is 26.9. The summed E-state index contributed by atoms with van der Waals surface area (Å²) in [6.45, 7) is 14.1. The number of unbranched alkanes of at least 4 members (excludes halogenated alkanes) is 32. The number of carbonyl (C=O) groups is 4. The third kappa shape index (κ3) is 63.2. The molecule has 0 aromatic rings. The molecule has 3 N–H and O–H groups in total. The maximum absolute atomic E-state index is 13.0. The zero-order chi connectivity index (χ0) is 66.1. The maximum atomic E-state index is 13.0. The molecule has 0 amide bonds. The number of rotatable bonds is 67. The fourth-order valence-electron chi connectivity index (χ4n) is 10.5. The van der Waals surface area contributed by atoms with Crippen LogP contribution in [0.15, 0.2) is 0 Å². The Balaban J connectivity index is 5.28. The van der Waals surface area contributed by atoms with Crippen LogP contribution in [-0.4, -0.2) is 96.7 Å². The molecule has 0 saturated heterocycles. The van der Waals surface area contributed by atoms with E-state index < -0.39 is 97.5 Å². The zero-order valence-electron chi connectivity index (χ0n) is 58.1. The summed E-state index contributed by atoms with van der Waals surface area (Å²) in [5.74, 6) is 0.880. The van der Waals surface area contributed by atoms with Crippen LogP contribution in [0.5, 0.6) is 0 Å². The summed E-state index contributed by atoms with van der Waals surface area (Å²) in [7, 11) is -9.90. The van der Waals surface area contributed by atoms with Crippen LogP contribution in [0.2, 0.25) is 0 Å². The minimum Gasteiger partial charge on any atom is -0.462 e. The Labute approximate surface area is 543 Å². The molecule has 0 aliphatic carbocycles. The van der Waals surface area contributed by atoms with E-state index in [1.165, 1.54) is 148 Å². The van der Waals surface area contributed by atoms with E-state index in [-0.39, 0.29) is 25.7 Å². The predicted octanol–water partition coefficient (Wildman–Crippen LogP) is 19.7. The second kappa shape index (κ2) is 59.8. The lowest BCUT2D eigenvalue weighted by atomic mass is 9.99. The lowest BCUT2D eigenvalue weighted by molar-refractivity contribution is -0.161. The monoisotopic (exact) mass is 1310 g/mol. The fourth-order valence-corrected chi connectivity index (χ4v) is 12.0. The maximum Gasteiger partial charge on any atom is 0.472 e. The molecule has 17 nitrogen and oxygen atoms in total. The summed E-state index contributed by atoms with van der Waals surface area (Å²) in [6, 6.07) is 0. The molecule has 0 aliphatic rings. The van der Waals surface area contributed by atoms with Gasteiger partial charge in [0.1, 0.15) is 19.3 Å². The Hall–Kier alpha value is -1.94. The third-order valence-corrected chi connectivity index (χ3v) is 18.3. The van der Waals surface area contributed by atoms with E-state index in [2.05, 4.69) is 55.4 Å². The molecule has 0 fully saturated rings. The van der Waals surface area contributed by atoms with Crippen molar-refractivity contribution < 1.29 is 80.2 Å². The molecule has 0 rings (SSSR count). The van der Waals surface area contributed by atoms with Gasteiger partial charge in [0.05, 0.1) is 26.4 Å². The van der Waals surface area contributed by atoms with Gasteiger partial charge in [-0.15, -0.1) is 0 Å². The molecule has 0 aromatic carbocycles. The first-order valence-electron chi connectivity index (χ1n) is 36.2. The SMILES string of the molecule is CCC(C)CCCCCCCCCCC(=O)OC[C@H](COP(=O)(O)OC[C@H](O)COP(=O)(O)OC[C@@H](COC(=O)CCCCCCCCCCCC(C)C)OC(=O)CCCCCCCCCCCCC(C)C)OC(=O)CCCCCCCCCCCC(C)C. The lowest BCUT2D eigenvalue weighted by Gasteiger charge is -2.21. The standard InChI is InChI=1S/C70H136O17P2/c1-9-63(8)49-41-33-25-20-21-27-35-43-51-68(73)81-57-66(87-70(75)53-45-37-29-19-13-16-24-32-40-48-62(6)7)59-85-89(78,79)83-55-64(71)54-82-88(76,77)84-58-65(56-80-67(72)50-42-34-26-18-12-15-23-31-39-47-61(4)5)86-69(74)52-44-36-28-17-11-10-14-22-30-38-46-60(2)3/h60-66,71H,9-59H2,1-8H3,(H,76,77)(H,78,79)/t63?,64-,65-,66-/m1/s1. The number of esters is 4. The van der Waals surface area contributed by atoms with Crippen LogP contribution in [-0.2, 0) is 65.4 Å². The normalized spacial score (nSPS) is 14.6. The van der Waals surface area contributed by atoms with Crippen LogP contribution in [0.4, 0.5) is 0 Å². The molecule has 0 heterocycles. The number of phosphoric ester groups is 2. The molecule has 528 valence electrons. The molecule has 3 unspecified atom stereocenters. The van der Waals surface area contributed by atoms with Crippen molar-refractivity contribution in [1.82, 2.24) is 0 Å². The molecule has 19 heteroatoms. The van der Waals surface area contributed by atoms with Gasteiger partial charge in [-0.25, -0.2) is 9.13 Å². The summed E-state index contributed by atoms with van der Waals surface area (Å²) in [6.07, 6.45) is 41.6. The van der Waals surface area contributed by atoms with Gasteiger partial charge in [0.15, 0.2) is 12.2 Å². The van der Waals surface area contributed by atoms with Gasteiger partial charge < -0.3 is 33.8 Å². The third-order valence-electron chi connectivity index (χ3n) is 16.4. The van der Waals surface area contributed by atoms with Gasteiger partial charge in [-0.2, -0.15) is 0 Å². The van der Waals surface area contributed by atoms with E-state index in [0.29, 0.717) is 25.7 Å². The summed E-state index contributed by atoms with van der Waals surface area (Å²) in [4.78, 5) is 72.6. The van der Waals surface area contributed by atoms with E-state index in [0.717, 1.165) is 114 Å². The molecule has 0 aliphatic heterocycles. The van der Waals surface area contributed by atoms with Crippen molar-refractivity contribution in [1.29, 1.82) is 0 Å². The van der Waals surface area contributed by atoms with Gasteiger partial charge in [0.25, 0.3) is 0 Å². The first-order valence-corrected chi connectivity index (χ1v) is 39.2. The minimum atomic E-state index is -4.95. The molecular formula is C70H136O17P2. The smallest absolute Gasteiger partial charge is 0.462 e. The largest absolute Gasteiger partial charge is 0.472 e. The topological polar surface area (TPSA) is 237 Å². The van der Waals surface area contributed by atoms with E-state index in [4.69, 9.17) is 37.0 Å². The molecule has 0 aromatic heterocycles. The minimum absolute atomic E-state index is 0.104. The molecule has 89 heavy (non-hydrogen) atoms. The average molecular weight is 1310 g/mol. The average Bonchev–Trinajstić information content (AvgIpc) is 3.60. The van der Waals surface area contributed by atoms with Crippen molar-refractivity contribution in [2.45, 2.75) is 363 Å². The van der Waals surface area contributed by atoms with Crippen molar-refractivity contribution in [2.24, 2.45) is 23.7 Å². The van der Waals surface area contributed by atoms with Crippen LogP contribution in [0.3, 0.4) is 0 Å². The number of carbonyl (C=O) groups excluding carboxylic acids is 4. The van der Waals surface area contributed by atoms with Crippen molar-refractivity contribution in [3.05, 3.63) is 0 Å². The van der Waals surface area contributed by atoms with E-state index in [9.17, 15) is 43.2 Å². The highest BCUT2D eigenvalue weighted by Crippen LogP contribution is 2.45. The molecule has 0 bridgehead atoms. The highest BCUT2D eigenvalue weighted by atomic mass is 31.2. The predicted molar refractivity (Wildman–Crippen MR) is 358 cm³/mol. The second-order valence-corrected chi connectivity index (χ2v) is 29.8. The van der Waals surface area contributed by atoms with Crippen molar-refractivity contribution in [3.63, 3.8) is 0 Å². The lowest BCUT2D eigenvalue weighted by Crippen LogP contribution is -2.30. The fraction of sp³-hybridized carbons (Fsp3) is 0.943. The van der Waals surface area contributed by atoms with Crippen LogP contribution in [0.25, 0.3) is 0 Å². The Morgan fingerprint density at radius 2 is 0.539 bits per heavy atom. The van der Waals surface area contributed by atoms with Gasteiger partial charge in [-0.05, 0) is 49.4 Å². The molecule has 0 spiro atoms. The van der Waals surface area contributed by atoms with Crippen LogP contribution >= 0.6 is 15.6 Å².